The van der Waals surface area contributed by atoms with Crippen LogP contribution < -0.4 is 0 Å². The van der Waals surface area contributed by atoms with Crippen LogP contribution in [0.5, 0.6) is 0 Å². The summed E-state index contributed by atoms with van der Waals surface area (Å²) in [5.74, 6) is 1.10. The average Bonchev–Trinajstić information content (AvgIpc) is 3.03. The number of carbonyl (C=O) groups is 1. The van der Waals surface area contributed by atoms with Gasteiger partial charge in [-0.3, -0.25) is 0 Å². The molecule has 1 aliphatic heterocycles. The molecule has 4 heteroatoms. The zero-order chi connectivity index (χ0) is 23.1. The van der Waals surface area contributed by atoms with E-state index >= 15 is 0 Å². The Morgan fingerprint density at radius 3 is 2.66 bits per heavy atom. The lowest BCUT2D eigenvalue weighted by atomic mass is 10.0. The third-order valence-corrected chi connectivity index (χ3v) is 5.49. The molecule has 0 fully saturated rings. The number of carbonyl (C=O) groups excluding carboxylic acids is 1. The summed E-state index contributed by atoms with van der Waals surface area (Å²) in [6.45, 7) is 9.74. The molecule has 0 saturated heterocycles. The van der Waals surface area contributed by atoms with Gasteiger partial charge in [-0.15, -0.1) is 0 Å². The van der Waals surface area contributed by atoms with Gasteiger partial charge < -0.3 is 9.47 Å². The molecule has 1 aromatic rings. The van der Waals surface area contributed by atoms with Crippen molar-refractivity contribution in [2.75, 3.05) is 0 Å². The number of aryl methyl sites for hydroxylation is 1. The van der Waals surface area contributed by atoms with Crippen LogP contribution in [0.1, 0.15) is 44.7 Å². The monoisotopic (exact) mass is 448 g/mol. The first-order chi connectivity index (χ1) is 15.3. The van der Waals surface area contributed by atoms with E-state index in [1.54, 1.807) is 0 Å². The Balaban J connectivity index is 1.60. The van der Waals surface area contributed by atoms with Crippen LogP contribution in [0.2, 0.25) is 0 Å². The molecule has 2 bridgehead atoms. The summed E-state index contributed by atoms with van der Waals surface area (Å²) in [5, 5.41) is 0.733. The van der Waals surface area contributed by atoms with Gasteiger partial charge in [0.25, 0.3) is 0 Å². The molecular formula is C28H29ClO3. The van der Waals surface area contributed by atoms with Crippen molar-refractivity contribution in [1.29, 1.82) is 0 Å². The SMILES string of the molecule is C=C/C(=C\C=C(/C)Cl)c1ccc(CCC(C)OC2=CC=C3CC(=C2)C(C)=CC(=O)O3)cc1. The summed E-state index contributed by atoms with van der Waals surface area (Å²) in [6, 6.07) is 8.50. The maximum absolute atomic E-state index is 11.7. The molecule has 3 rings (SSSR count). The standard InChI is InChI=1S/C28H29ClO3/c1-5-23(11-6-20(3)29)24-12-9-22(10-13-24)8-7-21(4)31-26-14-15-27-18-25(17-26)19(2)16-28(30)32-27/h5-6,9-17,21H,1,7-8,18H2,2-4H3/b20-6+,23-11+. The van der Waals surface area contributed by atoms with Gasteiger partial charge in [-0.2, -0.15) is 0 Å². The molecule has 2 aliphatic rings. The maximum Gasteiger partial charge on any atom is 0.336 e. The molecule has 1 aliphatic carbocycles. The van der Waals surface area contributed by atoms with Gasteiger partial charge >= 0.3 is 5.97 Å². The molecule has 0 radical (unpaired) electrons. The topological polar surface area (TPSA) is 35.5 Å². The Labute approximate surface area is 195 Å². The van der Waals surface area contributed by atoms with E-state index in [9.17, 15) is 4.79 Å². The summed E-state index contributed by atoms with van der Waals surface area (Å²) in [5.41, 5.74) is 5.35. The number of fused-ring (bicyclic) bond motifs is 2. The summed E-state index contributed by atoms with van der Waals surface area (Å²) in [6.07, 6.45) is 15.3. The zero-order valence-corrected chi connectivity index (χ0v) is 19.6. The second kappa shape index (κ2) is 11.0. The third kappa shape index (κ3) is 6.73. The van der Waals surface area contributed by atoms with Crippen molar-refractivity contribution in [3.63, 3.8) is 0 Å². The van der Waals surface area contributed by atoms with Crippen LogP contribution >= 0.6 is 11.6 Å². The summed E-state index contributed by atoms with van der Waals surface area (Å²) in [4.78, 5) is 11.7. The average molecular weight is 449 g/mol. The van der Waals surface area contributed by atoms with Crippen LogP contribution in [0, 0.1) is 0 Å². The second-order valence-electron chi connectivity index (χ2n) is 8.04. The fourth-order valence-electron chi connectivity index (χ4n) is 3.53. The van der Waals surface area contributed by atoms with Gasteiger partial charge in [0, 0.05) is 17.5 Å². The fraction of sp³-hybridized carbons (Fsp3) is 0.250. The van der Waals surface area contributed by atoms with Crippen molar-refractivity contribution in [2.24, 2.45) is 0 Å². The molecule has 3 nitrogen and oxygen atoms in total. The minimum atomic E-state index is -0.323. The number of rotatable bonds is 8. The van der Waals surface area contributed by atoms with E-state index in [2.05, 4.69) is 37.8 Å². The minimum absolute atomic E-state index is 0.0450. The molecule has 1 unspecified atom stereocenters. The molecule has 0 N–H and O–H groups in total. The van der Waals surface area contributed by atoms with Crippen LogP contribution in [0.3, 0.4) is 0 Å². The summed E-state index contributed by atoms with van der Waals surface area (Å²) < 4.78 is 11.5. The number of ether oxygens (including phenoxy) is 2. The Kier molecular flexibility index (Phi) is 8.13. The molecule has 0 aromatic heterocycles. The molecule has 0 spiro atoms. The zero-order valence-electron chi connectivity index (χ0n) is 18.9. The van der Waals surface area contributed by atoms with Gasteiger partial charge in [0.2, 0.25) is 0 Å². The number of benzene rings is 1. The Morgan fingerprint density at radius 1 is 1.22 bits per heavy atom. The van der Waals surface area contributed by atoms with E-state index in [-0.39, 0.29) is 12.1 Å². The van der Waals surface area contributed by atoms with Gasteiger partial charge in [0.05, 0.1) is 6.10 Å². The first kappa shape index (κ1) is 23.6. The molecule has 166 valence electrons. The van der Waals surface area contributed by atoms with E-state index < -0.39 is 0 Å². The number of hydrogen-bond donors (Lipinski definition) is 0. The number of esters is 1. The van der Waals surface area contributed by atoms with E-state index in [1.807, 2.05) is 50.3 Å². The van der Waals surface area contributed by atoms with E-state index in [0.717, 1.165) is 45.9 Å². The predicted molar refractivity (Wildman–Crippen MR) is 132 cm³/mol. The molecule has 1 heterocycles. The molecule has 1 aromatic carbocycles. The minimum Gasteiger partial charge on any atom is -0.491 e. The van der Waals surface area contributed by atoms with Gasteiger partial charge in [-0.1, -0.05) is 54.6 Å². The smallest absolute Gasteiger partial charge is 0.336 e. The summed E-state index contributed by atoms with van der Waals surface area (Å²) >= 11 is 5.93. The van der Waals surface area contributed by atoms with Gasteiger partial charge in [0.15, 0.2) is 0 Å². The first-order valence-corrected chi connectivity index (χ1v) is 11.2. The van der Waals surface area contributed by atoms with Crippen LogP contribution in [0.25, 0.3) is 5.57 Å². The van der Waals surface area contributed by atoms with Gasteiger partial charge in [0.1, 0.15) is 11.5 Å². The Bertz CT molecular complexity index is 1060. The van der Waals surface area contributed by atoms with E-state index in [0.29, 0.717) is 12.2 Å². The van der Waals surface area contributed by atoms with Crippen molar-refractivity contribution in [3.05, 3.63) is 112 Å². The van der Waals surface area contributed by atoms with Crippen LogP contribution in [-0.2, 0) is 20.7 Å². The number of hydrogen-bond acceptors (Lipinski definition) is 3. The van der Waals surface area contributed by atoms with Crippen LogP contribution in [0.15, 0.2) is 101 Å². The second-order valence-corrected chi connectivity index (χ2v) is 8.64. The lowest BCUT2D eigenvalue weighted by Gasteiger charge is -2.16. The largest absolute Gasteiger partial charge is 0.491 e. The quantitative estimate of drug-likeness (QED) is 0.308. The highest BCUT2D eigenvalue weighted by molar-refractivity contribution is 6.29. The van der Waals surface area contributed by atoms with Gasteiger partial charge in [-0.05, 0) is 85.8 Å². The van der Waals surface area contributed by atoms with Crippen molar-refractivity contribution in [2.45, 2.75) is 46.1 Å². The van der Waals surface area contributed by atoms with Crippen molar-refractivity contribution in [3.8, 4) is 0 Å². The van der Waals surface area contributed by atoms with Crippen LogP contribution in [0.4, 0.5) is 0 Å². The Morgan fingerprint density at radius 2 is 1.97 bits per heavy atom. The van der Waals surface area contributed by atoms with Crippen molar-refractivity contribution >= 4 is 23.1 Å². The normalized spacial score (nSPS) is 17.7. The number of allylic oxidation sites excluding steroid dienone is 10. The molecule has 1 atom stereocenters. The maximum atomic E-state index is 11.7. The van der Waals surface area contributed by atoms with E-state index in [4.69, 9.17) is 21.1 Å². The number of halogens is 1. The van der Waals surface area contributed by atoms with Gasteiger partial charge in [-0.25, -0.2) is 4.79 Å². The highest BCUT2D eigenvalue weighted by Crippen LogP contribution is 2.29. The Hall–Kier alpha value is -3.04. The van der Waals surface area contributed by atoms with Crippen molar-refractivity contribution < 1.29 is 14.3 Å². The van der Waals surface area contributed by atoms with Crippen LogP contribution in [-0.4, -0.2) is 12.1 Å². The highest BCUT2D eigenvalue weighted by Gasteiger charge is 2.18. The lowest BCUT2D eigenvalue weighted by molar-refractivity contribution is -0.133. The summed E-state index contributed by atoms with van der Waals surface area (Å²) in [7, 11) is 0. The molecule has 0 amide bonds. The van der Waals surface area contributed by atoms with Crippen molar-refractivity contribution in [1.82, 2.24) is 0 Å². The highest BCUT2D eigenvalue weighted by atomic mass is 35.5. The third-order valence-electron chi connectivity index (χ3n) is 5.36. The molecule has 0 saturated carbocycles. The van der Waals surface area contributed by atoms with E-state index in [1.165, 1.54) is 11.6 Å². The predicted octanol–water partition coefficient (Wildman–Crippen LogP) is 7.34. The fourth-order valence-corrected chi connectivity index (χ4v) is 3.59. The first-order valence-electron chi connectivity index (χ1n) is 10.8. The molecular weight excluding hydrogens is 420 g/mol. The molecule has 32 heavy (non-hydrogen) atoms. The lowest BCUT2D eigenvalue weighted by Crippen LogP contribution is -2.09.